The molecule has 25 heavy (non-hydrogen) atoms. The zero-order chi connectivity index (χ0) is 17.6. The van der Waals surface area contributed by atoms with Crippen LogP contribution in [0.2, 0.25) is 5.02 Å². The molecule has 0 aliphatic carbocycles. The quantitative estimate of drug-likeness (QED) is 0.886. The van der Waals surface area contributed by atoms with Gasteiger partial charge in [-0.25, -0.2) is 9.97 Å². The van der Waals surface area contributed by atoms with E-state index < -0.39 is 0 Å². The number of rotatable bonds is 5. The summed E-state index contributed by atoms with van der Waals surface area (Å²) in [5.74, 6) is 0.787. The number of carbonyl (C=O) groups excluding carboxylic acids is 1. The minimum atomic E-state index is -0.0382. The third kappa shape index (κ3) is 4.90. The fourth-order valence-electron chi connectivity index (χ4n) is 2.89. The van der Waals surface area contributed by atoms with E-state index in [4.69, 9.17) is 11.6 Å². The molecule has 2 aromatic rings. The van der Waals surface area contributed by atoms with Crippen molar-refractivity contribution in [2.75, 3.05) is 37.6 Å². The van der Waals surface area contributed by atoms with Crippen molar-refractivity contribution in [3.8, 4) is 0 Å². The van der Waals surface area contributed by atoms with E-state index in [2.05, 4.69) is 25.1 Å². The van der Waals surface area contributed by atoms with Gasteiger partial charge in [0, 0.05) is 43.6 Å². The van der Waals surface area contributed by atoms with Crippen LogP contribution in [0.4, 0.5) is 5.95 Å². The summed E-state index contributed by atoms with van der Waals surface area (Å²) >= 11 is 5.90. The molecule has 0 spiro atoms. The van der Waals surface area contributed by atoms with Crippen molar-refractivity contribution in [3.05, 3.63) is 53.3 Å². The lowest BCUT2D eigenvalue weighted by atomic mass is 10.1. The fourth-order valence-corrected chi connectivity index (χ4v) is 3.01. The number of hydrogen-bond donors (Lipinski definition) is 1. The van der Waals surface area contributed by atoms with Crippen LogP contribution in [0.25, 0.3) is 0 Å². The van der Waals surface area contributed by atoms with Crippen LogP contribution in [0, 0.1) is 0 Å². The predicted octanol–water partition coefficient (Wildman–Crippen LogP) is 2.13. The fraction of sp³-hybridized carbons (Fsp3) is 0.389. The topological polar surface area (TPSA) is 61.4 Å². The van der Waals surface area contributed by atoms with Gasteiger partial charge in [-0.3, -0.25) is 9.69 Å². The average Bonchev–Trinajstić information content (AvgIpc) is 2.63. The predicted molar refractivity (Wildman–Crippen MR) is 98.7 cm³/mol. The number of anilines is 1. The van der Waals surface area contributed by atoms with Crippen LogP contribution in [-0.4, -0.2) is 53.5 Å². The number of aromatic nitrogens is 2. The van der Waals surface area contributed by atoms with Crippen LogP contribution in [0.3, 0.4) is 0 Å². The largest absolute Gasteiger partial charge is 0.348 e. The van der Waals surface area contributed by atoms with E-state index in [0.717, 1.165) is 37.7 Å². The van der Waals surface area contributed by atoms with Gasteiger partial charge in [-0.05, 0) is 30.7 Å². The maximum atomic E-state index is 12.3. The summed E-state index contributed by atoms with van der Waals surface area (Å²) in [5.41, 5.74) is 1.05. The molecule has 1 atom stereocenters. The van der Waals surface area contributed by atoms with Crippen molar-refractivity contribution in [2.24, 2.45) is 0 Å². The Morgan fingerprint density at radius 3 is 2.44 bits per heavy atom. The lowest BCUT2D eigenvalue weighted by molar-refractivity contribution is -0.123. The van der Waals surface area contributed by atoms with E-state index in [-0.39, 0.29) is 11.9 Å². The molecule has 7 heteroatoms. The molecule has 0 unspecified atom stereocenters. The summed E-state index contributed by atoms with van der Waals surface area (Å²) in [7, 11) is 0. The van der Waals surface area contributed by atoms with E-state index in [1.165, 1.54) is 0 Å². The number of nitrogens with one attached hydrogen (secondary N) is 1. The van der Waals surface area contributed by atoms with Gasteiger partial charge < -0.3 is 10.2 Å². The van der Waals surface area contributed by atoms with Crippen molar-refractivity contribution in [2.45, 2.75) is 13.0 Å². The molecule has 2 heterocycles. The summed E-state index contributed by atoms with van der Waals surface area (Å²) in [4.78, 5) is 25.1. The third-order valence-corrected chi connectivity index (χ3v) is 4.57. The van der Waals surface area contributed by atoms with Crippen LogP contribution in [0.5, 0.6) is 0 Å². The van der Waals surface area contributed by atoms with Crippen molar-refractivity contribution in [1.29, 1.82) is 0 Å². The van der Waals surface area contributed by atoms with Crippen LogP contribution < -0.4 is 10.2 Å². The van der Waals surface area contributed by atoms with Crippen LogP contribution >= 0.6 is 11.6 Å². The molecule has 0 radical (unpaired) electrons. The summed E-state index contributed by atoms with van der Waals surface area (Å²) in [6.45, 7) is 5.67. The number of benzene rings is 1. The molecule has 1 aliphatic heterocycles. The first-order chi connectivity index (χ1) is 12.1. The Labute approximate surface area is 152 Å². The normalized spacial score (nSPS) is 16.5. The first kappa shape index (κ1) is 17.6. The Balaban J connectivity index is 1.45. The Bertz CT molecular complexity index is 686. The van der Waals surface area contributed by atoms with Crippen LogP contribution in [0.1, 0.15) is 18.5 Å². The van der Waals surface area contributed by atoms with E-state index >= 15 is 0 Å². The highest BCUT2D eigenvalue weighted by molar-refractivity contribution is 6.30. The van der Waals surface area contributed by atoms with Crippen molar-refractivity contribution in [3.63, 3.8) is 0 Å². The smallest absolute Gasteiger partial charge is 0.234 e. The number of halogens is 1. The van der Waals surface area contributed by atoms with Crippen molar-refractivity contribution in [1.82, 2.24) is 20.2 Å². The van der Waals surface area contributed by atoms with Crippen LogP contribution in [0.15, 0.2) is 42.7 Å². The average molecular weight is 360 g/mol. The Hall–Kier alpha value is -2.18. The highest BCUT2D eigenvalue weighted by atomic mass is 35.5. The third-order valence-electron chi connectivity index (χ3n) is 4.32. The molecular formula is C18H22ClN5O. The molecule has 0 bridgehead atoms. The van der Waals surface area contributed by atoms with E-state index in [0.29, 0.717) is 11.6 Å². The van der Waals surface area contributed by atoms with Gasteiger partial charge in [0.25, 0.3) is 0 Å². The lowest BCUT2D eigenvalue weighted by Gasteiger charge is -2.34. The van der Waals surface area contributed by atoms with E-state index in [1.54, 1.807) is 12.4 Å². The maximum absolute atomic E-state index is 12.3. The van der Waals surface area contributed by atoms with Crippen LogP contribution in [-0.2, 0) is 4.79 Å². The van der Waals surface area contributed by atoms with Gasteiger partial charge >= 0.3 is 0 Å². The first-order valence-corrected chi connectivity index (χ1v) is 8.79. The molecule has 1 aliphatic rings. The van der Waals surface area contributed by atoms with Crippen molar-refractivity contribution < 1.29 is 4.79 Å². The van der Waals surface area contributed by atoms with E-state index in [9.17, 15) is 4.79 Å². The highest BCUT2D eigenvalue weighted by Crippen LogP contribution is 2.16. The Morgan fingerprint density at radius 1 is 1.16 bits per heavy atom. The van der Waals surface area contributed by atoms with Crippen molar-refractivity contribution >= 4 is 23.5 Å². The zero-order valence-corrected chi connectivity index (χ0v) is 15.0. The lowest BCUT2D eigenvalue weighted by Crippen LogP contribution is -2.50. The molecule has 132 valence electrons. The van der Waals surface area contributed by atoms with Gasteiger partial charge in [0.15, 0.2) is 0 Å². The second kappa shape index (κ2) is 8.27. The van der Waals surface area contributed by atoms with Gasteiger partial charge in [0.2, 0.25) is 11.9 Å². The summed E-state index contributed by atoms with van der Waals surface area (Å²) in [5, 5.41) is 3.74. The summed E-state index contributed by atoms with van der Waals surface area (Å²) in [6, 6.07) is 9.32. The molecular weight excluding hydrogens is 338 g/mol. The number of amides is 1. The van der Waals surface area contributed by atoms with Gasteiger partial charge in [0.05, 0.1) is 12.6 Å². The molecule has 1 aromatic heterocycles. The molecule has 1 amide bonds. The monoisotopic (exact) mass is 359 g/mol. The summed E-state index contributed by atoms with van der Waals surface area (Å²) < 4.78 is 0. The molecule has 6 nitrogen and oxygen atoms in total. The SMILES string of the molecule is C[C@H](NC(=O)CN1CCN(c2ncccn2)CC1)c1ccc(Cl)cc1. The number of nitrogens with zero attached hydrogens (tertiary/aromatic N) is 4. The molecule has 1 fully saturated rings. The second-order valence-electron chi connectivity index (χ2n) is 6.15. The Morgan fingerprint density at radius 2 is 1.80 bits per heavy atom. The molecule has 1 aromatic carbocycles. The maximum Gasteiger partial charge on any atom is 0.234 e. The highest BCUT2D eigenvalue weighted by Gasteiger charge is 2.21. The molecule has 3 rings (SSSR count). The minimum Gasteiger partial charge on any atom is -0.348 e. The van der Waals surface area contributed by atoms with E-state index in [1.807, 2.05) is 37.3 Å². The van der Waals surface area contributed by atoms with Gasteiger partial charge in [0.1, 0.15) is 0 Å². The standard InChI is InChI=1S/C18H22ClN5O/c1-14(15-3-5-16(19)6-4-15)22-17(25)13-23-9-11-24(12-10-23)18-20-7-2-8-21-18/h2-8,14H,9-13H2,1H3,(H,22,25)/t14-/m0/s1. The summed E-state index contributed by atoms with van der Waals surface area (Å²) in [6.07, 6.45) is 3.50. The number of piperazine rings is 1. The molecule has 1 saturated heterocycles. The first-order valence-electron chi connectivity index (χ1n) is 8.41. The number of carbonyl (C=O) groups is 1. The Kier molecular flexibility index (Phi) is 5.83. The van der Waals surface area contributed by atoms with Gasteiger partial charge in [-0.1, -0.05) is 23.7 Å². The second-order valence-corrected chi connectivity index (χ2v) is 6.59. The van der Waals surface area contributed by atoms with Gasteiger partial charge in [-0.15, -0.1) is 0 Å². The van der Waals surface area contributed by atoms with Gasteiger partial charge in [-0.2, -0.15) is 0 Å². The molecule has 0 saturated carbocycles. The minimum absolute atomic E-state index is 0.0341. The molecule has 1 N–H and O–H groups in total. The zero-order valence-electron chi connectivity index (χ0n) is 14.2. The number of hydrogen-bond acceptors (Lipinski definition) is 5.